The number of Topliss-reactive ketones (excluding diaryl/α,β-unsaturated/α-hetero) is 1. The second-order valence-corrected chi connectivity index (χ2v) is 8.56. The summed E-state index contributed by atoms with van der Waals surface area (Å²) in [5.74, 6) is 1.01. The Hall–Kier alpha value is -0.380. The van der Waals surface area contributed by atoms with Gasteiger partial charge in [0.1, 0.15) is 5.78 Å². The van der Waals surface area contributed by atoms with Crippen LogP contribution in [-0.4, -0.2) is 24.7 Å². The van der Waals surface area contributed by atoms with Crippen LogP contribution in [0.4, 0.5) is 0 Å². The van der Waals surface area contributed by atoms with E-state index in [0.717, 1.165) is 12.8 Å². The number of hydrogen-bond donors (Lipinski definition) is 0. The fourth-order valence-corrected chi connectivity index (χ4v) is 6.09. The molecule has 3 nitrogen and oxygen atoms in total. The summed E-state index contributed by atoms with van der Waals surface area (Å²) in [6.45, 7) is 0. The van der Waals surface area contributed by atoms with Crippen LogP contribution in [0.25, 0.3) is 0 Å². The number of carbonyl (C=O) groups excluding carboxylic acids is 1. The van der Waals surface area contributed by atoms with Gasteiger partial charge in [0.15, 0.2) is 9.84 Å². The third kappa shape index (κ3) is 1.94. The highest BCUT2D eigenvalue weighted by atomic mass is 32.2. The summed E-state index contributed by atoms with van der Waals surface area (Å²) in [5.41, 5.74) is 0. The Bertz CT molecular complexity index is 402. The first-order valence-corrected chi connectivity index (χ1v) is 8.43. The Labute approximate surface area is 103 Å². The molecule has 0 aromatic rings. The lowest BCUT2D eigenvalue weighted by atomic mass is 9.78. The van der Waals surface area contributed by atoms with E-state index in [1.54, 1.807) is 0 Å². The predicted octanol–water partition coefficient (Wildman–Crippen LogP) is 2.10. The normalized spacial score (nSPS) is 39.9. The van der Waals surface area contributed by atoms with Gasteiger partial charge in [0.05, 0.1) is 10.5 Å². The van der Waals surface area contributed by atoms with Crippen LogP contribution in [-0.2, 0) is 14.6 Å². The molecule has 3 fully saturated rings. The lowest BCUT2D eigenvalue weighted by Gasteiger charge is -2.30. The zero-order valence-electron chi connectivity index (χ0n) is 10.1. The van der Waals surface area contributed by atoms with Crippen molar-refractivity contribution in [3.05, 3.63) is 0 Å². The molecule has 2 atom stereocenters. The molecule has 17 heavy (non-hydrogen) atoms. The number of sulfone groups is 1. The van der Waals surface area contributed by atoms with E-state index in [-0.39, 0.29) is 16.4 Å². The van der Waals surface area contributed by atoms with Gasteiger partial charge in [0.2, 0.25) is 0 Å². The quantitative estimate of drug-likeness (QED) is 0.777. The molecule has 1 aliphatic carbocycles. The van der Waals surface area contributed by atoms with E-state index < -0.39 is 9.84 Å². The van der Waals surface area contributed by atoms with Crippen molar-refractivity contribution >= 4 is 15.6 Å². The zero-order chi connectivity index (χ0) is 12.0. The summed E-state index contributed by atoms with van der Waals surface area (Å²) in [5, 5.41) is -0.395. The minimum atomic E-state index is -2.87. The molecular formula is C13H20O3S. The number of rotatable bonds is 3. The average molecular weight is 256 g/mol. The fraction of sp³-hybridized carbons (Fsp3) is 0.923. The van der Waals surface area contributed by atoms with Crippen molar-refractivity contribution < 1.29 is 13.2 Å². The molecule has 0 aromatic heterocycles. The van der Waals surface area contributed by atoms with E-state index in [1.807, 2.05) is 0 Å². The first-order valence-electron chi connectivity index (χ1n) is 6.83. The summed E-state index contributed by atoms with van der Waals surface area (Å²) in [6, 6.07) is 0. The number of carbonyl (C=O) groups is 1. The maximum Gasteiger partial charge on any atom is 0.156 e. The highest BCUT2D eigenvalue weighted by Gasteiger charge is 2.48. The van der Waals surface area contributed by atoms with Crippen LogP contribution in [0, 0.1) is 11.8 Å². The van der Waals surface area contributed by atoms with Gasteiger partial charge in [-0.1, -0.05) is 19.3 Å². The van der Waals surface area contributed by atoms with Crippen molar-refractivity contribution in [1.82, 2.24) is 0 Å². The lowest BCUT2D eigenvalue weighted by molar-refractivity contribution is -0.124. The molecule has 4 heteroatoms. The van der Waals surface area contributed by atoms with Crippen molar-refractivity contribution in [2.24, 2.45) is 11.8 Å². The van der Waals surface area contributed by atoms with Crippen LogP contribution >= 0.6 is 0 Å². The second-order valence-electron chi connectivity index (χ2n) is 6.05. The summed E-state index contributed by atoms with van der Waals surface area (Å²) < 4.78 is 23.8. The summed E-state index contributed by atoms with van der Waals surface area (Å²) in [4.78, 5) is 12.1. The van der Waals surface area contributed by atoms with E-state index in [0.29, 0.717) is 31.0 Å². The number of hydrogen-bond acceptors (Lipinski definition) is 3. The number of fused-ring (bicyclic) bond motifs is 2. The minimum Gasteiger partial charge on any atom is -0.299 e. The van der Waals surface area contributed by atoms with Crippen LogP contribution < -0.4 is 0 Å². The molecule has 2 unspecified atom stereocenters. The Morgan fingerprint density at radius 1 is 1.00 bits per heavy atom. The molecule has 0 radical (unpaired) electrons. The molecule has 3 rings (SSSR count). The smallest absolute Gasteiger partial charge is 0.156 e. The van der Waals surface area contributed by atoms with Crippen molar-refractivity contribution in [3.8, 4) is 0 Å². The lowest BCUT2D eigenvalue weighted by Crippen LogP contribution is -2.36. The molecule has 2 aliphatic heterocycles. The van der Waals surface area contributed by atoms with E-state index in [9.17, 15) is 13.2 Å². The van der Waals surface area contributed by atoms with Gasteiger partial charge in [-0.15, -0.1) is 0 Å². The van der Waals surface area contributed by atoms with Gasteiger partial charge in [-0.25, -0.2) is 8.42 Å². The van der Waals surface area contributed by atoms with Crippen LogP contribution in [0.5, 0.6) is 0 Å². The van der Waals surface area contributed by atoms with Gasteiger partial charge >= 0.3 is 0 Å². The van der Waals surface area contributed by atoms with Crippen molar-refractivity contribution in [2.45, 2.75) is 61.9 Å². The largest absolute Gasteiger partial charge is 0.299 e. The van der Waals surface area contributed by atoms with Crippen LogP contribution in [0.15, 0.2) is 0 Å². The number of ketones is 1. The van der Waals surface area contributed by atoms with E-state index in [4.69, 9.17) is 0 Å². The van der Waals surface area contributed by atoms with Gasteiger partial charge in [0, 0.05) is 12.3 Å². The monoisotopic (exact) mass is 256 g/mol. The zero-order valence-corrected chi connectivity index (χ0v) is 10.9. The predicted molar refractivity (Wildman–Crippen MR) is 65.4 cm³/mol. The molecule has 0 spiro atoms. The Morgan fingerprint density at radius 3 is 2.06 bits per heavy atom. The molecular weight excluding hydrogens is 236 g/mol. The van der Waals surface area contributed by atoms with Gasteiger partial charge in [0.25, 0.3) is 0 Å². The minimum absolute atomic E-state index is 0.0524. The molecule has 0 amide bonds. The van der Waals surface area contributed by atoms with Crippen molar-refractivity contribution in [2.75, 3.05) is 0 Å². The van der Waals surface area contributed by atoms with Gasteiger partial charge in [-0.3, -0.25) is 4.79 Å². The molecule has 96 valence electrons. The fourth-order valence-electron chi connectivity index (χ4n) is 3.62. The van der Waals surface area contributed by atoms with Crippen LogP contribution in [0.2, 0.25) is 0 Å². The summed E-state index contributed by atoms with van der Waals surface area (Å²) >= 11 is 0. The SMILES string of the molecule is O=C(CC1CCC1)C1CC2CCC(C1)S2(=O)=O. The van der Waals surface area contributed by atoms with Crippen LogP contribution in [0.3, 0.4) is 0 Å². The summed E-state index contributed by atoms with van der Waals surface area (Å²) in [6.07, 6.45) is 7.19. The molecule has 1 saturated carbocycles. The molecule has 2 saturated heterocycles. The molecule has 0 aromatic carbocycles. The third-order valence-corrected chi connectivity index (χ3v) is 7.72. The Balaban J connectivity index is 1.65. The summed E-state index contributed by atoms with van der Waals surface area (Å²) in [7, 11) is -2.87. The van der Waals surface area contributed by atoms with Gasteiger partial charge in [-0.2, -0.15) is 0 Å². The highest BCUT2D eigenvalue weighted by molar-refractivity contribution is 7.93. The van der Waals surface area contributed by atoms with Crippen molar-refractivity contribution in [1.29, 1.82) is 0 Å². The van der Waals surface area contributed by atoms with Crippen LogP contribution in [0.1, 0.15) is 51.4 Å². The highest BCUT2D eigenvalue weighted by Crippen LogP contribution is 2.42. The molecule has 2 bridgehead atoms. The Morgan fingerprint density at radius 2 is 1.59 bits per heavy atom. The third-order valence-electron chi connectivity index (χ3n) is 5.00. The molecule has 0 N–H and O–H groups in total. The molecule has 2 heterocycles. The van der Waals surface area contributed by atoms with E-state index in [1.165, 1.54) is 19.3 Å². The topological polar surface area (TPSA) is 51.2 Å². The first kappa shape index (κ1) is 11.7. The maximum absolute atomic E-state index is 12.1. The average Bonchev–Trinajstić information content (AvgIpc) is 2.43. The second kappa shape index (κ2) is 4.08. The maximum atomic E-state index is 12.1. The Kier molecular flexibility index (Phi) is 2.80. The van der Waals surface area contributed by atoms with E-state index in [2.05, 4.69) is 0 Å². The van der Waals surface area contributed by atoms with Gasteiger partial charge < -0.3 is 0 Å². The van der Waals surface area contributed by atoms with Gasteiger partial charge in [-0.05, 0) is 31.6 Å². The molecule has 3 aliphatic rings. The van der Waals surface area contributed by atoms with E-state index >= 15 is 0 Å². The first-order chi connectivity index (χ1) is 8.07. The standard InChI is InChI=1S/C13H20O3S/c14-13(6-9-2-1-3-9)10-7-11-4-5-12(8-10)17(11,15)16/h9-12H,1-8H2. The van der Waals surface area contributed by atoms with Crippen molar-refractivity contribution in [3.63, 3.8) is 0 Å².